The molecule has 0 aromatic carbocycles. The largest absolute Gasteiger partial charge is 0.481 e. The lowest BCUT2D eigenvalue weighted by atomic mass is 9.90. The molecule has 1 heterocycles. The Labute approximate surface area is 120 Å². The lowest BCUT2D eigenvalue weighted by Gasteiger charge is -2.20. The highest BCUT2D eigenvalue weighted by atomic mass is 32.2. The highest BCUT2D eigenvalue weighted by Crippen LogP contribution is 2.30. The number of nitrogens with zero attached hydrogens (tertiary/aromatic N) is 1. The van der Waals surface area contributed by atoms with Crippen molar-refractivity contribution in [1.82, 2.24) is 4.90 Å². The standard InChI is InChI=1S/C13H23NO5S/c1-10(2)8-20(18,19)7-4-11(15)14-6-5-13(3,9-14)12(16)17/h10H,4-9H2,1-3H3,(H,16,17). The van der Waals surface area contributed by atoms with E-state index in [4.69, 9.17) is 5.11 Å². The molecule has 0 aliphatic carbocycles. The third kappa shape index (κ3) is 4.47. The fourth-order valence-corrected chi connectivity index (χ4v) is 4.01. The number of carboxylic acids is 1. The van der Waals surface area contributed by atoms with Crippen LogP contribution in [0.25, 0.3) is 0 Å². The Morgan fingerprint density at radius 1 is 1.35 bits per heavy atom. The van der Waals surface area contributed by atoms with Gasteiger partial charge in [0.05, 0.1) is 16.9 Å². The van der Waals surface area contributed by atoms with Crippen LogP contribution in [0, 0.1) is 11.3 Å². The van der Waals surface area contributed by atoms with Gasteiger partial charge in [-0.15, -0.1) is 0 Å². The summed E-state index contributed by atoms with van der Waals surface area (Å²) in [5, 5.41) is 9.10. The maximum absolute atomic E-state index is 12.0. The highest BCUT2D eigenvalue weighted by molar-refractivity contribution is 7.91. The number of carbonyl (C=O) groups excluding carboxylic acids is 1. The van der Waals surface area contributed by atoms with E-state index in [0.717, 1.165) is 0 Å². The van der Waals surface area contributed by atoms with E-state index in [9.17, 15) is 18.0 Å². The molecule has 1 atom stereocenters. The molecule has 0 aromatic rings. The van der Waals surface area contributed by atoms with Gasteiger partial charge >= 0.3 is 5.97 Å². The molecule has 0 spiro atoms. The van der Waals surface area contributed by atoms with E-state index < -0.39 is 21.2 Å². The zero-order chi connectivity index (χ0) is 15.6. The third-order valence-corrected chi connectivity index (χ3v) is 5.56. The van der Waals surface area contributed by atoms with Crippen molar-refractivity contribution in [2.24, 2.45) is 11.3 Å². The molecule has 1 amide bonds. The van der Waals surface area contributed by atoms with Gasteiger partial charge in [-0.05, 0) is 19.3 Å². The minimum atomic E-state index is -3.21. The topological polar surface area (TPSA) is 91.8 Å². The zero-order valence-corrected chi connectivity index (χ0v) is 13.1. The van der Waals surface area contributed by atoms with Crippen molar-refractivity contribution in [1.29, 1.82) is 0 Å². The second kappa shape index (κ2) is 6.11. The number of rotatable bonds is 6. The van der Waals surface area contributed by atoms with Crippen LogP contribution < -0.4 is 0 Å². The Kier molecular flexibility index (Phi) is 5.18. The summed E-state index contributed by atoms with van der Waals surface area (Å²) in [6.45, 7) is 5.78. The predicted molar refractivity (Wildman–Crippen MR) is 75.0 cm³/mol. The summed E-state index contributed by atoms with van der Waals surface area (Å²) in [6, 6.07) is 0. The van der Waals surface area contributed by atoms with Crippen LogP contribution >= 0.6 is 0 Å². The molecule has 6 nitrogen and oxygen atoms in total. The first-order chi connectivity index (χ1) is 9.06. The van der Waals surface area contributed by atoms with Crippen molar-refractivity contribution in [2.75, 3.05) is 24.6 Å². The number of sulfone groups is 1. The molecule has 1 fully saturated rings. The Hall–Kier alpha value is -1.11. The number of hydrogen-bond acceptors (Lipinski definition) is 4. The number of carboxylic acid groups (broad SMARTS) is 1. The number of hydrogen-bond donors (Lipinski definition) is 1. The minimum Gasteiger partial charge on any atom is -0.481 e. The molecular formula is C13H23NO5S. The molecule has 116 valence electrons. The normalized spacial score (nSPS) is 23.3. The fraction of sp³-hybridized carbons (Fsp3) is 0.846. The van der Waals surface area contributed by atoms with Gasteiger partial charge in [0.1, 0.15) is 0 Å². The van der Waals surface area contributed by atoms with E-state index in [1.165, 1.54) is 4.90 Å². The SMILES string of the molecule is CC(C)CS(=O)(=O)CCC(=O)N1CCC(C)(C(=O)O)C1. The highest BCUT2D eigenvalue weighted by Gasteiger charge is 2.42. The van der Waals surface area contributed by atoms with E-state index >= 15 is 0 Å². The average Bonchev–Trinajstić information content (AvgIpc) is 2.69. The number of amides is 1. The summed E-state index contributed by atoms with van der Waals surface area (Å²) < 4.78 is 23.5. The first-order valence-corrected chi connectivity index (χ1v) is 8.59. The summed E-state index contributed by atoms with van der Waals surface area (Å²) in [5.74, 6) is -1.24. The lowest BCUT2D eigenvalue weighted by molar-refractivity contribution is -0.147. The quantitative estimate of drug-likeness (QED) is 0.782. The fourth-order valence-electron chi connectivity index (χ4n) is 2.34. The van der Waals surface area contributed by atoms with Crippen LogP contribution in [0.2, 0.25) is 0 Å². The maximum Gasteiger partial charge on any atom is 0.311 e. The molecule has 1 saturated heterocycles. The zero-order valence-electron chi connectivity index (χ0n) is 12.3. The van der Waals surface area contributed by atoms with Crippen LogP contribution in [0.1, 0.15) is 33.6 Å². The van der Waals surface area contributed by atoms with Crippen LogP contribution in [0.5, 0.6) is 0 Å². The smallest absolute Gasteiger partial charge is 0.311 e. The van der Waals surface area contributed by atoms with Crippen LogP contribution in [0.4, 0.5) is 0 Å². The van der Waals surface area contributed by atoms with Gasteiger partial charge in [0.25, 0.3) is 0 Å². The van der Waals surface area contributed by atoms with Gasteiger partial charge in [0, 0.05) is 19.5 Å². The van der Waals surface area contributed by atoms with Gasteiger partial charge in [0.2, 0.25) is 5.91 Å². The van der Waals surface area contributed by atoms with Crippen LogP contribution in [-0.4, -0.2) is 54.9 Å². The average molecular weight is 305 g/mol. The molecule has 20 heavy (non-hydrogen) atoms. The van der Waals surface area contributed by atoms with Crippen molar-refractivity contribution < 1.29 is 23.1 Å². The first-order valence-electron chi connectivity index (χ1n) is 6.77. The first kappa shape index (κ1) is 16.9. The summed E-state index contributed by atoms with van der Waals surface area (Å²) in [4.78, 5) is 24.5. The van der Waals surface area contributed by atoms with Crippen LogP contribution in [-0.2, 0) is 19.4 Å². The molecular weight excluding hydrogens is 282 g/mol. The van der Waals surface area contributed by atoms with Gasteiger partial charge < -0.3 is 10.0 Å². The second-order valence-corrected chi connectivity index (χ2v) is 8.42. The van der Waals surface area contributed by atoms with E-state index in [2.05, 4.69) is 0 Å². The maximum atomic E-state index is 12.0. The van der Waals surface area contributed by atoms with Crippen molar-refractivity contribution in [3.63, 3.8) is 0 Å². The van der Waals surface area contributed by atoms with Crippen molar-refractivity contribution in [3.05, 3.63) is 0 Å². The summed E-state index contributed by atoms with van der Waals surface area (Å²) in [6.07, 6.45) is 0.345. The Morgan fingerprint density at radius 2 is 1.95 bits per heavy atom. The van der Waals surface area contributed by atoms with Gasteiger partial charge in [0.15, 0.2) is 9.84 Å². The summed E-state index contributed by atoms with van der Waals surface area (Å²) >= 11 is 0. The molecule has 1 unspecified atom stereocenters. The predicted octanol–water partition coefficient (Wildman–Crippen LogP) is 0.770. The molecule has 1 N–H and O–H groups in total. The Morgan fingerprint density at radius 3 is 2.40 bits per heavy atom. The molecule has 7 heteroatoms. The van der Waals surface area contributed by atoms with Crippen molar-refractivity contribution >= 4 is 21.7 Å². The Balaban J connectivity index is 2.52. The molecule has 1 rings (SSSR count). The molecule has 1 aliphatic heterocycles. The monoisotopic (exact) mass is 305 g/mol. The van der Waals surface area contributed by atoms with E-state index in [1.807, 2.05) is 13.8 Å². The third-order valence-electron chi connectivity index (χ3n) is 3.56. The molecule has 0 radical (unpaired) electrons. The van der Waals surface area contributed by atoms with Gasteiger partial charge in [-0.25, -0.2) is 8.42 Å². The van der Waals surface area contributed by atoms with Crippen LogP contribution in [0.3, 0.4) is 0 Å². The Bertz CT molecular complexity index is 485. The van der Waals surface area contributed by atoms with E-state index in [1.54, 1.807) is 6.92 Å². The van der Waals surface area contributed by atoms with Crippen LogP contribution in [0.15, 0.2) is 0 Å². The second-order valence-electron chi connectivity index (χ2n) is 6.19. The molecule has 0 saturated carbocycles. The van der Waals surface area contributed by atoms with Gasteiger partial charge in [-0.3, -0.25) is 9.59 Å². The number of carbonyl (C=O) groups is 2. The molecule has 1 aliphatic rings. The lowest BCUT2D eigenvalue weighted by Crippen LogP contribution is -2.35. The summed E-state index contributed by atoms with van der Waals surface area (Å²) in [5.41, 5.74) is -0.910. The van der Waals surface area contributed by atoms with E-state index in [-0.39, 0.29) is 36.3 Å². The van der Waals surface area contributed by atoms with E-state index in [0.29, 0.717) is 13.0 Å². The summed E-state index contributed by atoms with van der Waals surface area (Å²) in [7, 11) is -3.21. The van der Waals surface area contributed by atoms with Gasteiger partial charge in [-0.2, -0.15) is 0 Å². The van der Waals surface area contributed by atoms with Crippen molar-refractivity contribution in [3.8, 4) is 0 Å². The minimum absolute atomic E-state index is 0.0391. The number of likely N-dealkylation sites (tertiary alicyclic amines) is 1. The molecule has 0 bridgehead atoms. The number of aliphatic carboxylic acids is 1. The van der Waals surface area contributed by atoms with Gasteiger partial charge in [-0.1, -0.05) is 13.8 Å². The van der Waals surface area contributed by atoms with Crippen molar-refractivity contribution in [2.45, 2.75) is 33.6 Å². The molecule has 0 aromatic heterocycles.